The van der Waals surface area contributed by atoms with Crippen LogP contribution in [0.2, 0.25) is 0 Å². The first kappa shape index (κ1) is 42.1. The van der Waals surface area contributed by atoms with E-state index in [-0.39, 0.29) is 28.4 Å². The van der Waals surface area contributed by atoms with Crippen molar-refractivity contribution >= 4 is 74.3 Å². The predicted octanol–water partition coefficient (Wildman–Crippen LogP) is 16.5. The van der Waals surface area contributed by atoms with Gasteiger partial charge in [0, 0.05) is 55.2 Å². The van der Waals surface area contributed by atoms with Crippen molar-refractivity contribution in [3.05, 3.63) is 203 Å². The van der Waals surface area contributed by atoms with Crippen LogP contribution in [0.4, 0.5) is 51.2 Å². The highest BCUT2D eigenvalue weighted by Crippen LogP contribution is 2.52. The molecule has 0 amide bonds. The minimum absolute atomic E-state index is 0.0580. The Morgan fingerprint density at radius 2 is 0.986 bits per heavy atom. The summed E-state index contributed by atoms with van der Waals surface area (Å²) in [6.07, 6.45) is 2.16. The van der Waals surface area contributed by atoms with E-state index in [9.17, 15) is 4.11 Å². The van der Waals surface area contributed by atoms with Crippen molar-refractivity contribution < 1.29 is 4.11 Å². The first-order valence-corrected chi connectivity index (χ1v) is 25.3. The molecule has 0 saturated carbocycles. The summed E-state index contributed by atoms with van der Waals surface area (Å²) in [5.41, 5.74) is 21.2. The van der Waals surface area contributed by atoms with Gasteiger partial charge in [0.2, 0.25) is 0 Å². The van der Waals surface area contributed by atoms with Gasteiger partial charge in [0.05, 0.1) is 5.69 Å². The molecule has 0 unspecified atom stereocenters. The van der Waals surface area contributed by atoms with Crippen LogP contribution in [-0.4, -0.2) is 6.71 Å². The Balaban J connectivity index is 1.30. The molecule has 0 atom stereocenters. The van der Waals surface area contributed by atoms with Crippen LogP contribution < -0.4 is 31.1 Å². The summed E-state index contributed by atoms with van der Waals surface area (Å²) in [7, 11) is 0. The molecule has 1 aliphatic carbocycles. The molecule has 2 heterocycles. The molecule has 70 heavy (non-hydrogen) atoms. The van der Waals surface area contributed by atoms with Crippen LogP contribution >= 0.6 is 0 Å². The molecule has 0 fully saturated rings. The summed E-state index contributed by atoms with van der Waals surface area (Å²) in [4.78, 5) is 7.20. The van der Waals surface area contributed by atoms with Crippen molar-refractivity contribution in [3.63, 3.8) is 0 Å². The van der Waals surface area contributed by atoms with Crippen LogP contribution in [0.1, 0.15) is 120 Å². The van der Waals surface area contributed by atoms with Gasteiger partial charge in [0.25, 0.3) is 6.71 Å². The van der Waals surface area contributed by atoms with Crippen molar-refractivity contribution in [2.24, 2.45) is 0 Å². The van der Waals surface area contributed by atoms with Gasteiger partial charge >= 0.3 is 0 Å². The Hall–Kier alpha value is -6.78. The number of nitrogens with zero attached hydrogens (tertiary/aromatic N) is 3. The summed E-state index contributed by atoms with van der Waals surface area (Å²) >= 11 is 0. The Bertz CT molecular complexity index is 3400. The Kier molecular flexibility index (Phi) is 9.88. The number of para-hydroxylation sites is 2. The van der Waals surface area contributed by atoms with Crippen molar-refractivity contribution in [2.75, 3.05) is 14.7 Å². The molecule has 0 saturated heterocycles. The van der Waals surface area contributed by atoms with Gasteiger partial charge in [-0.25, -0.2) is 0 Å². The van der Waals surface area contributed by atoms with Crippen LogP contribution in [0.3, 0.4) is 0 Å². The number of benzene rings is 8. The zero-order chi connectivity index (χ0) is 51.6. The third-order valence-corrected chi connectivity index (χ3v) is 15.8. The van der Waals surface area contributed by atoms with Crippen LogP contribution in [0.5, 0.6) is 0 Å². The zero-order valence-corrected chi connectivity index (χ0v) is 43.0. The smallest absolute Gasteiger partial charge is 0.252 e. The second kappa shape index (κ2) is 16.4. The van der Waals surface area contributed by atoms with Gasteiger partial charge in [-0.3, -0.25) is 0 Å². The summed E-state index contributed by atoms with van der Waals surface area (Å²) in [6.45, 7) is 22.8. The minimum Gasteiger partial charge on any atom is -0.311 e. The normalized spacial score (nSPS) is 16.3. The summed E-state index contributed by atoms with van der Waals surface area (Å²) in [5, 5.41) is 0. The molecule has 0 spiro atoms. The molecule has 3 aliphatic rings. The second-order valence-corrected chi connectivity index (χ2v) is 23.6. The van der Waals surface area contributed by atoms with Crippen molar-refractivity contribution in [1.82, 2.24) is 0 Å². The number of aryl methyl sites for hydroxylation is 2. The number of rotatable bonds is 6. The largest absolute Gasteiger partial charge is 0.311 e. The van der Waals surface area contributed by atoms with E-state index in [0.717, 1.165) is 91.6 Å². The Morgan fingerprint density at radius 3 is 1.54 bits per heavy atom. The van der Waals surface area contributed by atoms with Gasteiger partial charge in [0.15, 0.2) is 0 Å². The molecule has 11 rings (SSSR count). The fraction of sp³-hybridized carbons (Fsp3) is 0.273. The molecule has 0 bridgehead atoms. The van der Waals surface area contributed by atoms with Crippen molar-refractivity contribution in [2.45, 2.75) is 118 Å². The molecular weight excluding hydrogens is 846 g/mol. The van der Waals surface area contributed by atoms with E-state index in [1.165, 1.54) is 27.7 Å². The monoisotopic (exact) mass is 917 g/mol. The standard InChI is InChI=1S/C66H68BN3/c1-43-36-60-62-61(37-43)70(57-32-29-47(64(6,7)8)39-51(57)45-22-16-13-17-23-45)58-33-30-50(68(48-24-18-14-19-25-48)49-26-20-15-21-27-49)40-54(58)67(62)55-41-52-53(66(11,12)35-34-65(52,9)10)42-59(55)69(60)56-31-28-46(38-44(56)2)63(3,4)5/h13-33,36-42H,34-35H2,1-12H3/i1D3. The Morgan fingerprint density at radius 1 is 0.486 bits per heavy atom. The van der Waals surface area contributed by atoms with E-state index in [0.29, 0.717) is 5.56 Å². The number of hydrogen-bond donors (Lipinski definition) is 0. The van der Waals surface area contributed by atoms with Gasteiger partial charge in [-0.05, 0) is 182 Å². The fourth-order valence-corrected chi connectivity index (χ4v) is 11.7. The average Bonchev–Trinajstić information content (AvgIpc) is 3.35. The van der Waals surface area contributed by atoms with Crippen molar-refractivity contribution in [1.29, 1.82) is 0 Å². The lowest BCUT2D eigenvalue weighted by molar-refractivity contribution is 0.332. The molecule has 350 valence electrons. The number of hydrogen-bond acceptors (Lipinski definition) is 3. The summed E-state index contributed by atoms with van der Waals surface area (Å²) in [6, 6.07) is 61.9. The second-order valence-electron chi connectivity index (χ2n) is 23.6. The van der Waals surface area contributed by atoms with Crippen LogP contribution in [-0.2, 0) is 21.7 Å². The van der Waals surface area contributed by atoms with Gasteiger partial charge in [-0.15, -0.1) is 0 Å². The van der Waals surface area contributed by atoms with E-state index in [1.807, 2.05) is 12.1 Å². The quantitative estimate of drug-likeness (QED) is 0.154. The maximum Gasteiger partial charge on any atom is 0.252 e. The van der Waals surface area contributed by atoms with E-state index in [4.69, 9.17) is 0 Å². The number of anilines is 9. The molecule has 0 radical (unpaired) electrons. The van der Waals surface area contributed by atoms with Crippen LogP contribution in [0.15, 0.2) is 170 Å². The molecule has 2 aliphatic heterocycles. The zero-order valence-electron chi connectivity index (χ0n) is 46.0. The SMILES string of the molecule is [2H]C([2H])([2H])c1cc2c3c(c1)N(c1ccc(C(C)(C)C)cc1-c1ccccc1)c1ccc(N(c4ccccc4)c4ccccc4)cc1B3c1cc3c(cc1N2c1ccc(C(C)(C)C)cc1C)C(C)(C)CCC3(C)C. The predicted molar refractivity (Wildman–Crippen MR) is 303 cm³/mol. The van der Waals surface area contributed by atoms with Crippen LogP contribution in [0, 0.1) is 13.8 Å². The fourth-order valence-electron chi connectivity index (χ4n) is 11.7. The third kappa shape index (κ3) is 7.57. The lowest BCUT2D eigenvalue weighted by Crippen LogP contribution is -2.62. The lowest BCUT2D eigenvalue weighted by atomic mass is 9.33. The van der Waals surface area contributed by atoms with E-state index >= 15 is 0 Å². The van der Waals surface area contributed by atoms with E-state index in [2.05, 4.69) is 249 Å². The maximum atomic E-state index is 9.22. The highest BCUT2D eigenvalue weighted by molar-refractivity contribution is 7.00. The topological polar surface area (TPSA) is 9.72 Å². The highest BCUT2D eigenvalue weighted by atomic mass is 15.2. The maximum absolute atomic E-state index is 9.22. The molecule has 8 aromatic rings. The van der Waals surface area contributed by atoms with E-state index < -0.39 is 6.85 Å². The van der Waals surface area contributed by atoms with Gasteiger partial charge < -0.3 is 14.7 Å². The van der Waals surface area contributed by atoms with Crippen molar-refractivity contribution in [3.8, 4) is 11.1 Å². The average molecular weight is 917 g/mol. The highest BCUT2D eigenvalue weighted by Gasteiger charge is 2.47. The molecule has 0 aromatic heterocycles. The van der Waals surface area contributed by atoms with Crippen LogP contribution in [0.25, 0.3) is 11.1 Å². The van der Waals surface area contributed by atoms with Gasteiger partial charge in [0.1, 0.15) is 0 Å². The van der Waals surface area contributed by atoms with Gasteiger partial charge in [-0.2, -0.15) is 0 Å². The number of fused-ring (bicyclic) bond motifs is 5. The Labute approximate surface area is 423 Å². The first-order valence-electron chi connectivity index (χ1n) is 26.8. The summed E-state index contributed by atoms with van der Waals surface area (Å²) in [5.74, 6) is 0. The molecule has 4 heteroatoms. The first-order chi connectivity index (χ1) is 34.5. The third-order valence-electron chi connectivity index (χ3n) is 15.8. The van der Waals surface area contributed by atoms with Gasteiger partial charge in [-0.1, -0.05) is 160 Å². The van der Waals surface area contributed by atoms with E-state index in [1.54, 1.807) is 0 Å². The molecule has 8 aromatic carbocycles. The molecule has 3 nitrogen and oxygen atoms in total. The summed E-state index contributed by atoms with van der Waals surface area (Å²) < 4.78 is 27.7. The minimum atomic E-state index is -2.40. The lowest BCUT2D eigenvalue weighted by Gasteiger charge is -2.48. The molecular formula is C66H68BN3. The molecule has 0 N–H and O–H groups in total.